The molecule has 7 heteroatoms. The van der Waals surface area contributed by atoms with E-state index >= 15 is 0 Å². The normalized spacial score (nSPS) is 12.1. The first kappa shape index (κ1) is 17.0. The van der Waals surface area contributed by atoms with Crippen LogP contribution in [-0.2, 0) is 6.18 Å². The minimum Gasteiger partial charge on any atom is -0.267 e. The fourth-order valence-corrected chi connectivity index (χ4v) is 1.91. The Morgan fingerprint density at radius 3 is 2.35 bits per heavy atom. The number of benzene rings is 2. The Labute approximate surface area is 135 Å². The fourth-order valence-electron chi connectivity index (χ4n) is 1.79. The highest BCUT2D eigenvalue weighted by Crippen LogP contribution is 2.29. The van der Waals surface area contributed by atoms with Crippen molar-refractivity contribution in [3.8, 4) is 0 Å². The van der Waals surface area contributed by atoms with E-state index in [0.29, 0.717) is 10.6 Å². The molecule has 23 heavy (non-hydrogen) atoms. The van der Waals surface area contributed by atoms with E-state index in [4.69, 9.17) is 11.6 Å². The molecule has 2 rings (SSSR count). The Morgan fingerprint density at radius 2 is 1.74 bits per heavy atom. The summed E-state index contributed by atoms with van der Waals surface area (Å²) < 4.78 is 38.0. The molecule has 0 atom stereocenters. The lowest BCUT2D eigenvalue weighted by Gasteiger charge is -2.08. The van der Waals surface area contributed by atoms with E-state index in [9.17, 15) is 18.0 Å². The van der Waals surface area contributed by atoms with Crippen LogP contribution in [0.25, 0.3) is 0 Å². The monoisotopic (exact) mass is 340 g/mol. The number of carbonyl (C=O) groups is 1. The Hall–Kier alpha value is -2.34. The van der Waals surface area contributed by atoms with E-state index in [-0.39, 0.29) is 11.3 Å². The van der Waals surface area contributed by atoms with Gasteiger partial charge in [0.2, 0.25) is 0 Å². The van der Waals surface area contributed by atoms with E-state index in [0.717, 1.165) is 12.1 Å². The van der Waals surface area contributed by atoms with Crippen LogP contribution in [0.2, 0.25) is 5.02 Å². The molecule has 0 bridgehead atoms. The average molecular weight is 341 g/mol. The third-order valence-corrected chi connectivity index (χ3v) is 3.29. The average Bonchev–Trinajstić information content (AvgIpc) is 2.52. The second-order valence-corrected chi connectivity index (χ2v) is 5.16. The Morgan fingerprint density at radius 1 is 1.09 bits per heavy atom. The number of amides is 1. The van der Waals surface area contributed by atoms with E-state index in [2.05, 4.69) is 10.5 Å². The van der Waals surface area contributed by atoms with Crippen molar-refractivity contribution in [2.24, 2.45) is 5.10 Å². The van der Waals surface area contributed by atoms with Crippen molar-refractivity contribution < 1.29 is 18.0 Å². The van der Waals surface area contributed by atoms with Crippen molar-refractivity contribution in [1.82, 2.24) is 5.43 Å². The molecule has 0 saturated carbocycles. The van der Waals surface area contributed by atoms with Crippen molar-refractivity contribution in [3.63, 3.8) is 0 Å². The van der Waals surface area contributed by atoms with E-state index < -0.39 is 17.6 Å². The van der Waals surface area contributed by atoms with Gasteiger partial charge in [0.05, 0.1) is 11.3 Å². The Kier molecular flexibility index (Phi) is 5.05. The third kappa shape index (κ3) is 4.56. The second-order valence-electron chi connectivity index (χ2n) is 4.72. The summed E-state index contributed by atoms with van der Waals surface area (Å²) in [7, 11) is 0. The molecule has 0 unspecified atom stereocenters. The summed E-state index contributed by atoms with van der Waals surface area (Å²) in [4.78, 5) is 11.9. The summed E-state index contributed by atoms with van der Waals surface area (Å²) in [5, 5.41) is 4.32. The third-order valence-electron chi connectivity index (χ3n) is 3.04. The molecule has 0 fully saturated rings. The highest BCUT2D eigenvalue weighted by atomic mass is 35.5. The van der Waals surface area contributed by atoms with Gasteiger partial charge in [0.1, 0.15) is 0 Å². The number of alkyl halides is 3. The molecule has 1 amide bonds. The van der Waals surface area contributed by atoms with Crippen molar-refractivity contribution in [3.05, 3.63) is 70.2 Å². The zero-order chi connectivity index (χ0) is 17.0. The van der Waals surface area contributed by atoms with Gasteiger partial charge in [-0.2, -0.15) is 18.3 Å². The lowest BCUT2D eigenvalue weighted by molar-refractivity contribution is -0.137. The van der Waals surface area contributed by atoms with Gasteiger partial charge >= 0.3 is 6.18 Å². The quantitative estimate of drug-likeness (QED) is 0.648. The summed E-state index contributed by atoms with van der Waals surface area (Å²) in [6.07, 6.45) is -4.43. The van der Waals surface area contributed by atoms with Crippen LogP contribution >= 0.6 is 11.6 Å². The molecule has 0 heterocycles. The molecule has 1 N–H and O–H groups in total. The molecule has 0 saturated heterocycles. The standard InChI is InChI=1S/C16H12ClF3N2O/c1-10(12-3-2-4-13(9-12)16(18,19)20)21-22-15(23)11-5-7-14(17)8-6-11/h2-9H,1H3,(H,22,23). The number of halogens is 4. The van der Waals surface area contributed by atoms with Crippen molar-refractivity contribution in [2.75, 3.05) is 0 Å². The maximum absolute atomic E-state index is 12.7. The first-order valence-corrected chi connectivity index (χ1v) is 6.93. The molecule has 0 aliphatic rings. The van der Waals surface area contributed by atoms with Crippen molar-refractivity contribution in [2.45, 2.75) is 13.1 Å². The van der Waals surface area contributed by atoms with Crippen LogP contribution in [0.5, 0.6) is 0 Å². The van der Waals surface area contributed by atoms with Crippen LogP contribution in [0.1, 0.15) is 28.4 Å². The zero-order valence-electron chi connectivity index (χ0n) is 12.0. The minimum absolute atomic E-state index is 0.262. The molecular formula is C16H12ClF3N2O. The highest BCUT2D eigenvalue weighted by molar-refractivity contribution is 6.30. The van der Waals surface area contributed by atoms with Gasteiger partial charge in [0, 0.05) is 10.6 Å². The predicted molar refractivity (Wildman–Crippen MR) is 82.6 cm³/mol. The van der Waals surface area contributed by atoms with Gasteiger partial charge in [-0.15, -0.1) is 0 Å². The molecule has 120 valence electrons. The van der Waals surface area contributed by atoms with Crippen LogP contribution in [0.3, 0.4) is 0 Å². The Balaban J connectivity index is 2.14. The topological polar surface area (TPSA) is 41.5 Å². The minimum atomic E-state index is -4.43. The van der Waals surface area contributed by atoms with Gasteiger partial charge in [-0.3, -0.25) is 4.79 Å². The van der Waals surface area contributed by atoms with E-state index in [1.807, 2.05) is 0 Å². The summed E-state index contributed by atoms with van der Waals surface area (Å²) in [5.74, 6) is -0.479. The van der Waals surface area contributed by atoms with E-state index in [1.165, 1.54) is 31.2 Å². The van der Waals surface area contributed by atoms with Crippen LogP contribution in [-0.4, -0.2) is 11.6 Å². The van der Waals surface area contributed by atoms with Gasteiger partial charge in [-0.1, -0.05) is 23.7 Å². The maximum Gasteiger partial charge on any atom is 0.416 e. The number of nitrogens with zero attached hydrogens (tertiary/aromatic N) is 1. The van der Waals surface area contributed by atoms with E-state index in [1.54, 1.807) is 12.1 Å². The predicted octanol–water partition coefficient (Wildman–Crippen LogP) is 4.51. The first-order valence-electron chi connectivity index (χ1n) is 6.55. The molecule has 2 aromatic rings. The van der Waals surface area contributed by atoms with Crippen molar-refractivity contribution in [1.29, 1.82) is 0 Å². The van der Waals surface area contributed by atoms with Gasteiger partial charge in [0.25, 0.3) is 5.91 Å². The molecule has 0 aromatic heterocycles. The summed E-state index contributed by atoms with van der Waals surface area (Å²) in [6.45, 7) is 1.51. The number of rotatable bonds is 3. The van der Waals surface area contributed by atoms with Gasteiger partial charge < -0.3 is 0 Å². The maximum atomic E-state index is 12.7. The molecule has 0 aliphatic heterocycles. The lowest BCUT2D eigenvalue weighted by atomic mass is 10.1. The van der Waals surface area contributed by atoms with Gasteiger partial charge in [-0.25, -0.2) is 5.43 Å². The molecular weight excluding hydrogens is 329 g/mol. The molecule has 2 aromatic carbocycles. The fraction of sp³-hybridized carbons (Fsp3) is 0.125. The molecule has 0 radical (unpaired) electrons. The lowest BCUT2D eigenvalue weighted by Crippen LogP contribution is -2.19. The SMILES string of the molecule is CC(=NNC(=O)c1ccc(Cl)cc1)c1cccc(C(F)(F)F)c1. The first-order chi connectivity index (χ1) is 10.8. The van der Waals surface area contributed by atoms with Crippen LogP contribution in [0, 0.1) is 0 Å². The Bertz CT molecular complexity index is 740. The molecule has 0 spiro atoms. The summed E-state index contributed by atoms with van der Waals surface area (Å²) >= 11 is 5.72. The number of nitrogens with one attached hydrogen (secondary N) is 1. The summed E-state index contributed by atoms with van der Waals surface area (Å²) in [6, 6.07) is 10.9. The van der Waals surface area contributed by atoms with Crippen molar-refractivity contribution >= 4 is 23.2 Å². The van der Waals surface area contributed by atoms with Gasteiger partial charge in [0.15, 0.2) is 0 Å². The smallest absolute Gasteiger partial charge is 0.267 e. The number of hydrogen-bond donors (Lipinski definition) is 1. The zero-order valence-corrected chi connectivity index (χ0v) is 12.7. The van der Waals surface area contributed by atoms with Crippen LogP contribution in [0.4, 0.5) is 13.2 Å². The number of carbonyl (C=O) groups excluding carboxylic acids is 1. The summed E-state index contributed by atoms with van der Waals surface area (Å²) in [5.41, 5.74) is 2.41. The largest absolute Gasteiger partial charge is 0.416 e. The van der Waals surface area contributed by atoms with Gasteiger partial charge in [-0.05, 0) is 48.9 Å². The van der Waals surface area contributed by atoms with Crippen LogP contribution < -0.4 is 5.43 Å². The van der Waals surface area contributed by atoms with Crippen LogP contribution in [0.15, 0.2) is 53.6 Å². The number of hydrogen-bond acceptors (Lipinski definition) is 2. The molecule has 3 nitrogen and oxygen atoms in total. The highest BCUT2D eigenvalue weighted by Gasteiger charge is 2.30. The number of hydrazone groups is 1. The second kappa shape index (κ2) is 6.83. The molecule has 0 aliphatic carbocycles.